The number of ether oxygens (including phenoxy) is 1. The van der Waals surface area contributed by atoms with E-state index in [0.717, 1.165) is 5.56 Å². The highest BCUT2D eigenvalue weighted by atomic mass is 16.6. The Hall–Kier alpha value is -2.76. The van der Waals surface area contributed by atoms with Crippen LogP contribution in [0.25, 0.3) is 0 Å². The summed E-state index contributed by atoms with van der Waals surface area (Å²) < 4.78 is 5.53. The molecule has 0 spiro atoms. The van der Waals surface area contributed by atoms with Crippen molar-refractivity contribution in [2.24, 2.45) is 0 Å². The predicted octanol–water partition coefficient (Wildman–Crippen LogP) is 2.98. The molecular weight excluding hydrogens is 270 g/mol. The van der Waals surface area contributed by atoms with Gasteiger partial charge in [-0.3, -0.25) is 10.1 Å². The quantitative estimate of drug-likeness (QED) is 0.369. The molecule has 110 valence electrons. The maximum Gasteiger partial charge on any atom is 0.292 e. The number of nitro benzene ring substituents is 1. The molecule has 0 bridgehead atoms. The van der Waals surface area contributed by atoms with Crippen LogP contribution in [0.5, 0.6) is 5.75 Å². The van der Waals surface area contributed by atoms with Gasteiger partial charge in [-0.05, 0) is 30.7 Å². The van der Waals surface area contributed by atoms with Crippen LogP contribution in [-0.4, -0.2) is 18.1 Å². The second-order valence-corrected chi connectivity index (χ2v) is 4.63. The topological polar surface area (TPSA) is 90.4 Å². The normalized spacial score (nSPS) is 10.1. The maximum atomic E-state index is 10.9. The highest BCUT2D eigenvalue weighted by Gasteiger charge is 2.12. The molecule has 0 amide bonds. The number of hydrogen-bond donors (Lipinski definition) is 2. The fourth-order valence-electron chi connectivity index (χ4n) is 1.91. The Morgan fingerprint density at radius 2 is 2.10 bits per heavy atom. The van der Waals surface area contributed by atoms with Gasteiger partial charge < -0.3 is 15.8 Å². The molecule has 0 aromatic heterocycles. The van der Waals surface area contributed by atoms with Gasteiger partial charge in [0.2, 0.25) is 0 Å². The van der Waals surface area contributed by atoms with Gasteiger partial charge in [0.25, 0.3) is 5.69 Å². The van der Waals surface area contributed by atoms with E-state index in [4.69, 9.17) is 10.5 Å². The van der Waals surface area contributed by atoms with E-state index in [9.17, 15) is 10.1 Å². The molecule has 0 unspecified atom stereocenters. The van der Waals surface area contributed by atoms with Gasteiger partial charge in [0.1, 0.15) is 18.0 Å². The van der Waals surface area contributed by atoms with Crippen LogP contribution in [0, 0.1) is 17.0 Å². The van der Waals surface area contributed by atoms with Crippen LogP contribution in [0.3, 0.4) is 0 Å². The molecule has 2 aromatic carbocycles. The molecular formula is C15H17N3O3. The summed E-state index contributed by atoms with van der Waals surface area (Å²) in [6.45, 7) is 2.73. The predicted molar refractivity (Wildman–Crippen MR) is 82.7 cm³/mol. The second kappa shape index (κ2) is 6.60. The Morgan fingerprint density at radius 1 is 1.29 bits per heavy atom. The Kier molecular flexibility index (Phi) is 4.61. The molecule has 6 heteroatoms. The molecule has 0 saturated carbocycles. The molecule has 0 heterocycles. The lowest BCUT2D eigenvalue weighted by Gasteiger charge is -2.10. The van der Waals surface area contributed by atoms with Crippen molar-refractivity contribution in [3.63, 3.8) is 0 Å². The van der Waals surface area contributed by atoms with E-state index < -0.39 is 4.92 Å². The molecule has 0 atom stereocenters. The molecule has 0 aliphatic carbocycles. The average molecular weight is 287 g/mol. The Morgan fingerprint density at radius 3 is 2.81 bits per heavy atom. The van der Waals surface area contributed by atoms with Crippen molar-refractivity contribution < 1.29 is 9.66 Å². The summed E-state index contributed by atoms with van der Waals surface area (Å²) in [5.41, 5.74) is 7.80. The molecule has 6 nitrogen and oxygen atoms in total. The second-order valence-electron chi connectivity index (χ2n) is 4.63. The van der Waals surface area contributed by atoms with Crippen molar-refractivity contribution in [1.29, 1.82) is 0 Å². The van der Waals surface area contributed by atoms with E-state index in [0.29, 0.717) is 30.3 Å². The number of nitrogens with zero attached hydrogens (tertiary/aromatic N) is 1. The van der Waals surface area contributed by atoms with Crippen molar-refractivity contribution >= 4 is 17.1 Å². The minimum atomic E-state index is -0.402. The smallest absolute Gasteiger partial charge is 0.292 e. The maximum absolute atomic E-state index is 10.9. The standard InChI is InChI=1S/C15H17N3O3/c1-11-5-6-15(18(19)20)14(9-11)17-7-8-21-13-4-2-3-12(16)10-13/h2-6,9-10,17H,7-8,16H2,1H3. The summed E-state index contributed by atoms with van der Waals surface area (Å²) in [5, 5.41) is 14.0. The number of anilines is 2. The zero-order valence-corrected chi connectivity index (χ0v) is 11.7. The van der Waals surface area contributed by atoms with E-state index in [2.05, 4.69) is 5.32 Å². The molecule has 0 fully saturated rings. The summed E-state index contributed by atoms with van der Waals surface area (Å²) in [7, 11) is 0. The van der Waals surface area contributed by atoms with Gasteiger partial charge in [0, 0.05) is 24.4 Å². The van der Waals surface area contributed by atoms with E-state index >= 15 is 0 Å². The van der Waals surface area contributed by atoms with E-state index in [1.807, 2.05) is 19.1 Å². The first-order chi connectivity index (χ1) is 10.1. The number of aryl methyl sites for hydroxylation is 1. The van der Waals surface area contributed by atoms with Crippen LogP contribution < -0.4 is 15.8 Å². The summed E-state index contributed by atoms with van der Waals surface area (Å²) in [6.07, 6.45) is 0. The molecule has 3 N–H and O–H groups in total. The third-order valence-electron chi connectivity index (χ3n) is 2.89. The third-order valence-corrected chi connectivity index (χ3v) is 2.89. The van der Waals surface area contributed by atoms with Crippen LogP contribution in [0.4, 0.5) is 17.1 Å². The zero-order chi connectivity index (χ0) is 15.2. The molecule has 0 aliphatic heterocycles. The summed E-state index contributed by atoms with van der Waals surface area (Å²) >= 11 is 0. The Labute approximate surface area is 122 Å². The molecule has 0 radical (unpaired) electrons. The van der Waals surface area contributed by atoms with Crippen LogP contribution in [0.1, 0.15) is 5.56 Å². The first kappa shape index (κ1) is 14.6. The van der Waals surface area contributed by atoms with E-state index in [1.54, 1.807) is 24.3 Å². The lowest BCUT2D eigenvalue weighted by atomic mass is 10.2. The molecule has 0 aliphatic rings. The van der Waals surface area contributed by atoms with Crippen molar-refractivity contribution in [3.8, 4) is 5.75 Å². The third kappa shape index (κ3) is 4.10. The lowest BCUT2D eigenvalue weighted by Crippen LogP contribution is -2.12. The number of nitrogens with two attached hydrogens (primary N) is 1. The average Bonchev–Trinajstić information content (AvgIpc) is 2.43. The van der Waals surface area contributed by atoms with Gasteiger partial charge in [-0.15, -0.1) is 0 Å². The fraction of sp³-hybridized carbons (Fsp3) is 0.200. The number of nitrogen functional groups attached to an aromatic ring is 1. The summed E-state index contributed by atoms with van der Waals surface area (Å²) in [4.78, 5) is 10.5. The molecule has 2 rings (SSSR count). The SMILES string of the molecule is Cc1ccc([N+](=O)[O-])c(NCCOc2cccc(N)c2)c1. The van der Waals surface area contributed by atoms with E-state index in [1.165, 1.54) is 6.07 Å². The van der Waals surface area contributed by atoms with E-state index in [-0.39, 0.29) is 5.69 Å². The fourth-order valence-corrected chi connectivity index (χ4v) is 1.91. The van der Waals surface area contributed by atoms with Gasteiger partial charge in [-0.1, -0.05) is 12.1 Å². The monoisotopic (exact) mass is 287 g/mol. The number of nitro groups is 1. The Bertz CT molecular complexity index is 644. The number of hydrogen-bond acceptors (Lipinski definition) is 5. The minimum Gasteiger partial charge on any atom is -0.492 e. The minimum absolute atomic E-state index is 0.0598. The first-order valence-corrected chi connectivity index (χ1v) is 6.53. The van der Waals surface area contributed by atoms with Crippen LogP contribution in [0.2, 0.25) is 0 Å². The lowest BCUT2D eigenvalue weighted by molar-refractivity contribution is -0.384. The zero-order valence-electron chi connectivity index (χ0n) is 11.7. The number of nitrogens with one attached hydrogen (secondary N) is 1. The van der Waals surface area contributed by atoms with Crippen molar-refractivity contribution in [2.45, 2.75) is 6.92 Å². The van der Waals surface area contributed by atoms with Gasteiger partial charge in [0.05, 0.1) is 4.92 Å². The van der Waals surface area contributed by atoms with Crippen LogP contribution in [-0.2, 0) is 0 Å². The molecule has 21 heavy (non-hydrogen) atoms. The van der Waals surface area contributed by atoms with Gasteiger partial charge in [-0.2, -0.15) is 0 Å². The Balaban J connectivity index is 1.91. The highest BCUT2D eigenvalue weighted by molar-refractivity contribution is 5.62. The van der Waals surface area contributed by atoms with Gasteiger partial charge in [-0.25, -0.2) is 0 Å². The number of benzene rings is 2. The van der Waals surface area contributed by atoms with Crippen molar-refractivity contribution in [2.75, 3.05) is 24.2 Å². The first-order valence-electron chi connectivity index (χ1n) is 6.53. The highest BCUT2D eigenvalue weighted by Crippen LogP contribution is 2.25. The molecule has 2 aromatic rings. The van der Waals surface area contributed by atoms with Crippen molar-refractivity contribution in [1.82, 2.24) is 0 Å². The van der Waals surface area contributed by atoms with Crippen LogP contribution >= 0.6 is 0 Å². The van der Waals surface area contributed by atoms with Crippen molar-refractivity contribution in [3.05, 3.63) is 58.1 Å². The number of rotatable bonds is 6. The van der Waals surface area contributed by atoms with Gasteiger partial charge >= 0.3 is 0 Å². The van der Waals surface area contributed by atoms with Crippen LogP contribution in [0.15, 0.2) is 42.5 Å². The molecule has 0 saturated heterocycles. The largest absolute Gasteiger partial charge is 0.492 e. The summed E-state index contributed by atoms with van der Waals surface area (Å²) in [5.74, 6) is 0.676. The summed E-state index contributed by atoms with van der Waals surface area (Å²) in [6, 6.07) is 12.1. The van der Waals surface area contributed by atoms with Gasteiger partial charge in [0.15, 0.2) is 0 Å².